The minimum absolute atomic E-state index is 0.0460. The molecule has 0 saturated heterocycles. The molecule has 0 bridgehead atoms. The SMILES string of the molecule is CN(C(c1cccnc1)c1cccnc1)C1(N2CCOc3ccccc32)C=CC=NC1. The van der Waals surface area contributed by atoms with Gasteiger partial charge in [-0.1, -0.05) is 24.3 Å². The van der Waals surface area contributed by atoms with E-state index in [1.165, 1.54) is 0 Å². The Morgan fingerprint density at radius 3 is 2.39 bits per heavy atom. The summed E-state index contributed by atoms with van der Waals surface area (Å²) in [5, 5.41) is 0. The molecule has 156 valence electrons. The smallest absolute Gasteiger partial charge is 0.142 e. The highest BCUT2D eigenvalue weighted by Crippen LogP contribution is 2.42. The first-order valence-corrected chi connectivity index (χ1v) is 10.5. The molecule has 6 nitrogen and oxygen atoms in total. The van der Waals surface area contributed by atoms with Crippen LogP contribution in [-0.4, -0.2) is 53.5 Å². The van der Waals surface area contributed by atoms with Gasteiger partial charge in [0.2, 0.25) is 0 Å². The molecule has 6 heteroatoms. The minimum atomic E-state index is -0.467. The van der Waals surface area contributed by atoms with Crippen LogP contribution in [0.3, 0.4) is 0 Å². The summed E-state index contributed by atoms with van der Waals surface area (Å²) in [4.78, 5) is 18.3. The maximum absolute atomic E-state index is 5.96. The van der Waals surface area contributed by atoms with Crippen LogP contribution in [0.15, 0.2) is 90.5 Å². The number of anilines is 1. The predicted molar refractivity (Wildman–Crippen MR) is 123 cm³/mol. The molecule has 2 aliphatic heterocycles. The average molecular weight is 412 g/mol. The molecular formula is C25H25N5O. The summed E-state index contributed by atoms with van der Waals surface area (Å²) in [5.74, 6) is 0.906. The number of ether oxygens (including phenoxy) is 1. The number of likely N-dealkylation sites (N-methyl/N-ethyl adjacent to an activating group) is 1. The van der Waals surface area contributed by atoms with Gasteiger partial charge in [0, 0.05) is 31.0 Å². The summed E-state index contributed by atoms with van der Waals surface area (Å²) in [6, 6.07) is 16.4. The number of nitrogens with zero attached hydrogens (tertiary/aromatic N) is 5. The van der Waals surface area contributed by atoms with Crippen LogP contribution in [0.2, 0.25) is 0 Å². The van der Waals surface area contributed by atoms with Crippen molar-refractivity contribution in [1.29, 1.82) is 0 Å². The van der Waals surface area contributed by atoms with Crippen LogP contribution in [0.5, 0.6) is 5.75 Å². The lowest BCUT2D eigenvalue weighted by Gasteiger charge is -2.52. The molecule has 0 amide bonds. The van der Waals surface area contributed by atoms with E-state index in [0.29, 0.717) is 13.2 Å². The highest BCUT2D eigenvalue weighted by atomic mass is 16.5. The zero-order valence-electron chi connectivity index (χ0n) is 17.5. The topological polar surface area (TPSA) is 53.9 Å². The average Bonchev–Trinajstić information content (AvgIpc) is 2.85. The van der Waals surface area contributed by atoms with E-state index in [2.05, 4.69) is 57.2 Å². The van der Waals surface area contributed by atoms with Crippen LogP contribution < -0.4 is 9.64 Å². The minimum Gasteiger partial charge on any atom is -0.490 e. The second-order valence-electron chi connectivity index (χ2n) is 7.78. The van der Waals surface area contributed by atoms with Gasteiger partial charge in [-0.2, -0.15) is 0 Å². The van der Waals surface area contributed by atoms with E-state index in [1.54, 1.807) is 0 Å². The van der Waals surface area contributed by atoms with E-state index in [0.717, 1.165) is 29.1 Å². The molecule has 3 aromatic rings. The van der Waals surface area contributed by atoms with E-state index < -0.39 is 5.66 Å². The first-order chi connectivity index (χ1) is 15.3. The summed E-state index contributed by atoms with van der Waals surface area (Å²) < 4.78 is 5.96. The van der Waals surface area contributed by atoms with E-state index in [4.69, 9.17) is 9.73 Å². The van der Waals surface area contributed by atoms with Gasteiger partial charge in [0.25, 0.3) is 0 Å². The Labute approximate surface area is 182 Å². The molecule has 0 saturated carbocycles. The number of aromatic nitrogens is 2. The van der Waals surface area contributed by atoms with Gasteiger partial charge in [-0.3, -0.25) is 19.9 Å². The molecule has 0 fully saturated rings. The Bertz CT molecular complexity index is 1050. The number of benzene rings is 1. The van der Waals surface area contributed by atoms with E-state index in [-0.39, 0.29) is 6.04 Å². The van der Waals surface area contributed by atoms with Crippen molar-refractivity contribution in [3.63, 3.8) is 0 Å². The fourth-order valence-electron chi connectivity index (χ4n) is 4.60. The second kappa shape index (κ2) is 8.32. The first-order valence-electron chi connectivity index (χ1n) is 10.5. The maximum atomic E-state index is 5.96. The molecule has 0 spiro atoms. The maximum Gasteiger partial charge on any atom is 0.142 e. The van der Waals surface area contributed by atoms with Crippen molar-refractivity contribution in [3.05, 3.63) is 96.6 Å². The Morgan fingerprint density at radius 1 is 1.00 bits per heavy atom. The Kier molecular flexibility index (Phi) is 5.22. The number of pyridine rings is 2. The molecule has 0 radical (unpaired) electrons. The second-order valence-corrected chi connectivity index (χ2v) is 7.78. The molecule has 1 unspecified atom stereocenters. The fourth-order valence-corrected chi connectivity index (χ4v) is 4.60. The molecule has 4 heterocycles. The predicted octanol–water partition coefficient (Wildman–Crippen LogP) is 3.73. The standard InChI is InChI=1S/C25H25N5O/c1-29(24(20-7-4-12-26-17-20)21-8-5-13-27-18-21)25(11-6-14-28-19-25)30-15-16-31-23-10-3-2-9-22(23)30/h2-14,17-18,24H,15-16,19H2,1H3. The van der Waals surface area contributed by atoms with E-state index >= 15 is 0 Å². The van der Waals surface area contributed by atoms with Crippen LogP contribution in [0, 0.1) is 0 Å². The highest BCUT2D eigenvalue weighted by Gasteiger charge is 2.45. The third-order valence-corrected chi connectivity index (χ3v) is 6.07. The zero-order chi connectivity index (χ0) is 21.1. The number of para-hydroxylation sites is 2. The van der Waals surface area contributed by atoms with Gasteiger partial charge in [-0.05, 0) is 54.6 Å². The largest absolute Gasteiger partial charge is 0.490 e. The van der Waals surface area contributed by atoms with Crippen LogP contribution >= 0.6 is 0 Å². The monoisotopic (exact) mass is 411 g/mol. The van der Waals surface area contributed by atoms with Crippen molar-refractivity contribution in [3.8, 4) is 5.75 Å². The fraction of sp³-hybridized carbons (Fsp3) is 0.240. The Balaban J connectivity index is 1.65. The van der Waals surface area contributed by atoms with Gasteiger partial charge < -0.3 is 9.64 Å². The van der Waals surface area contributed by atoms with Crippen LogP contribution in [-0.2, 0) is 0 Å². The van der Waals surface area contributed by atoms with Crippen molar-refractivity contribution >= 4 is 11.9 Å². The zero-order valence-corrected chi connectivity index (χ0v) is 17.5. The van der Waals surface area contributed by atoms with E-state index in [1.807, 2.05) is 61.3 Å². The van der Waals surface area contributed by atoms with E-state index in [9.17, 15) is 0 Å². The summed E-state index contributed by atoms with van der Waals surface area (Å²) in [6.45, 7) is 2.02. The quantitative estimate of drug-likeness (QED) is 0.640. The summed E-state index contributed by atoms with van der Waals surface area (Å²) >= 11 is 0. The lowest BCUT2D eigenvalue weighted by atomic mass is 9.93. The van der Waals surface area contributed by atoms with Crippen molar-refractivity contribution in [1.82, 2.24) is 14.9 Å². The van der Waals surface area contributed by atoms with Crippen LogP contribution in [0.25, 0.3) is 0 Å². The first kappa shape index (κ1) is 19.5. The number of rotatable bonds is 5. The molecule has 31 heavy (non-hydrogen) atoms. The van der Waals surface area contributed by atoms with Gasteiger partial charge in [0.05, 0.1) is 24.8 Å². The number of fused-ring (bicyclic) bond motifs is 1. The number of hydrogen-bond donors (Lipinski definition) is 0. The molecule has 1 atom stereocenters. The molecule has 1 aromatic carbocycles. The van der Waals surface area contributed by atoms with Gasteiger partial charge in [0.15, 0.2) is 0 Å². The molecule has 0 N–H and O–H groups in total. The van der Waals surface area contributed by atoms with Gasteiger partial charge >= 0.3 is 0 Å². The Hall–Kier alpha value is -3.51. The summed E-state index contributed by atoms with van der Waals surface area (Å²) in [5.41, 5.74) is 2.84. The number of aliphatic imine (C=N–C) groups is 1. The number of dihydropyridines is 1. The summed E-state index contributed by atoms with van der Waals surface area (Å²) in [7, 11) is 2.16. The van der Waals surface area contributed by atoms with Crippen molar-refractivity contribution in [2.45, 2.75) is 11.7 Å². The van der Waals surface area contributed by atoms with Gasteiger partial charge in [0.1, 0.15) is 18.0 Å². The molecule has 2 aliphatic rings. The normalized spacial score (nSPS) is 20.0. The Morgan fingerprint density at radius 2 is 1.74 bits per heavy atom. The molecular weight excluding hydrogens is 386 g/mol. The van der Waals surface area contributed by atoms with Crippen LogP contribution in [0.1, 0.15) is 17.2 Å². The third kappa shape index (κ3) is 3.49. The molecule has 2 aromatic heterocycles. The third-order valence-electron chi connectivity index (χ3n) is 6.07. The number of allylic oxidation sites excluding steroid dienone is 1. The van der Waals surface area contributed by atoms with Crippen molar-refractivity contribution < 1.29 is 4.74 Å². The lowest BCUT2D eigenvalue weighted by Crippen LogP contribution is -2.63. The number of hydrogen-bond acceptors (Lipinski definition) is 6. The summed E-state index contributed by atoms with van der Waals surface area (Å²) in [6.07, 6.45) is 13.7. The molecule has 0 aliphatic carbocycles. The molecule has 5 rings (SSSR count). The van der Waals surface area contributed by atoms with Crippen molar-refractivity contribution in [2.24, 2.45) is 4.99 Å². The van der Waals surface area contributed by atoms with Gasteiger partial charge in [-0.15, -0.1) is 0 Å². The lowest BCUT2D eigenvalue weighted by molar-refractivity contribution is 0.121. The highest BCUT2D eigenvalue weighted by molar-refractivity contribution is 5.74. The van der Waals surface area contributed by atoms with Crippen LogP contribution in [0.4, 0.5) is 5.69 Å². The van der Waals surface area contributed by atoms with Gasteiger partial charge in [-0.25, -0.2) is 0 Å². The van der Waals surface area contributed by atoms with Crippen molar-refractivity contribution in [2.75, 3.05) is 31.6 Å².